The van der Waals surface area contributed by atoms with Crippen LogP contribution in [0.5, 0.6) is 0 Å². The average Bonchev–Trinajstić information content (AvgIpc) is 2.34. The highest BCUT2D eigenvalue weighted by Crippen LogP contribution is 2.27. The molecule has 1 aliphatic rings. The molecular formula is C12H22N2O3. The van der Waals surface area contributed by atoms with Gasteiger partial charge in [-0.2, -0.15) is 0 Å². The molecule has 0 aliphatic carbocycles. The molecule has 5 heteroatoms. The fraction of sp³-hybridized carbons (Fsp3) is 0.833. The van der Waals surface area contributed by atoms with E-state index in [9.17, 15) is 9.59 Å². The summed E-state index contributed by atoms with van der Waals surface area (Å²) in [6, 6.07) is 0. The van der Waals surface area contributed by atoms with Gasteiger partial charge in [-0.25, -0.2) is 0 Å². The van der Waals surface area contributed by atoms with Crippen LogP contribution in [0.1, 0.15) is 32.6 Å². The molecule has 0 spiro atoms. The number of amides is 1. The van der Waals surface area contributed by atoms with Gasteiger partial charge in [0.05, 0.1) is 7.11 Å². The highest BCUT2D eigenvalue weighted by Gasteiger charge is 2.33. The summed E-state index contributed by atoms with van der Waals surface area (Å²) in [5.41, 5.74) is -0.253. The molecule has 0 bridgehead atoms. The second-order valence-electron chi connectivity index (χ2n) is 4.75. The first kappa shape index (κ1) is 14.0. The van der Waals surface area contributed by atoms with Gasteiger partial charge in [0.2, 0.25) is 5.91 Å². The zero-order valence-corrected chi connectivity index (χ0v) is 10.7. The Labute approximate surface area is 102 Å². The van der Waals surface area contributed by atoms with E-state index in [-0.39, 0.29) is 17.3 Å². The van der Waals surface area contributed by atoms with Crippen LogP contribution in [0.25, 0.3) is 0 Å². The van der Waals surface area contributed by atoms with E-state index in [2.05, 4.69) is 15.4 Å². The number of carbonyl (C=O) groups is 2. The first-order valence-corrected chi connectivity index (χ1v) is 6.14. The number of ether oxygens (including phenoxy) is 1. The summed E-state index contributed by atoms with van der Waals surface area (Å²) in [5, 5.41) is 6.14. The highest BCUT2D eigenvalue weighted by molar-refractivity contribution is 5.82. The number of nitrogens with one attached hydrogen (secondary N) is 2. The number of rotatable bonds is 5. The second kappa shape index (κ2) is 6.59. The molecule has 1 fully saturated rings. The molecule has 0 aromatic carbocycles. The monoisotopic (exact) mass is 242 g/mol. The van der Waals surface area contributed by atoms with Gasteiger partial charge in [0.15, 0.2) is 0 Å². The molecule has 1 heterocycles. The third kappa shape index (κ3) is 4.34. The van der Waals surface area contributed by atoms with Crippen molar-refractivity contribution >= 4 is 11.9 Å². The van der Waals surface area contributed by atoms with Crippen LogP contribution in [0.4, 0.5) is 0 Å². The Hall–Kier alpha value is -1.10. The molecule has 1 rings (SSSR count). The van der Waals surface area contributed by atoms with Crippen LogP contribution in [0.3, 0.4) is 0 Å². The van der Waals surface area contributed by atoms with Crippen molar-refractivity contribution in [2.45, 2.75) is 32.6 Å². The Morgan fingerprint density at radius 1 is 1.35 bits per heavy atom. The quantitative estimate of drug-likeness (QED) is 0.542. The lowest BCUT2D eigenvalue weighted by Crippen LogP contribution is -2.46. The fourth-order valence-corrected chi connectivity index (χ4v) is 1.96. The van der Waals surface area contributed by atoms with Crippen LogP contribution in [0, 0.1) is 5.41 Å². The molecule has 1 aliphatic heterocycles. The lowest BCUT2D eigenvalue weighted by Gasteiger charge is -2.32. The zero-order chi connectivity index (χ0) is 12.7. The van der Waals surface area contributed by atoms with Crippen molar-refractivity contribution in [1.82, 2.24) is 10.6 Å². The predicted octanol–water partition coefficient (Wildman–Crippen LogP) is 0.445. The second-order valence-corrected chi connectivity index (χ2v) is 4.75. The van der Waals surface area contributed by atoms with Crippen molar-refractivity contribution in [3.63, 3.8) is 0 Å². The van der Waals surface area contributed by atoms with E-state index in [1.54, 1.807) is 0 Å². The molecule has 0 aromatic heterocycles. The van der Waals surface area contributed by atoms with E-state index in [0.29, 0.717) is 19.4 Å². The van der Waals surface area contributed by atoms with Gasteiger partial charge in [0.25, 0.3) is 0 Å². The van der Waals surface area contributed by atoms with Crippen LogP contribution in [-0.4, -0.2) is 38.6 Å². The van der Waals surface area contributed by atoms with Crippen molar-refractivity contribution < 1.29 is 14.3 Å². The van der Waals surface area contributed by atoms with Gasteiger partial charge < -0.3 is 15.4 Å². The van der Waals surface area contributed by atoms with E-state index in [0.717, 1.165) is 25.9 Å². The first-order chi connectivity index (χ1) is 8.08. The summed E-state index contributed by atoms with van der Waals surface area (Å²) in [5.74, 6) is -0.129. The van der Waals surface area contributed by atoms with Crippen molar-refractivity contribution in [3.05, 3.63) is 0 Å². The van der Waals surface area contributed by atoms with Gasteiger partial charge in [0, 0.05) is 18.4 Å². The minimum Gasteiger partial charge on any atom is -0.469 e. The number of methoxy groups -OCH3 is 1. The smallest absolute Gasteiger partial charge is 0.305 e. The van der Waals surface area contributed by atoms with Crippen molar-refractivity contribution in [2.24, 2.45) is 5.41 Å². The Kier molecular flexibility index (Phi) is 5.41. The number of hydrogen-bond acceptors (Lipinski definition) is 4. The molecule has 0 atom stereocenters. The summed E-state index contributed by atoms with van der Waals surface area (Å²) >= 11 is 0. The Morgan fingerprint density at radius 2 is 2.00 bits per heavy atom. The predicted molar refractivity (Wildman–Crippen MR) is 64.5 cm³/mol. The van der Waals surface area contributed by atoms with Gasteiger partial charge in [0.1, 0.15) is 0 Å². The maximum Gasteiger partial charge on any atom is 0.305 e. The van der Waals surface area contributed by atoms with E-state index < -0.39 is 0 Å². The molecule has 2 N–H and O–H groups in total. The van der Waals surface area contributed by atoms with Crippen molar-refractivity contribution in [3.8, 4) is 0 Å². The molecule has 1 amide bonds. The van der Waals surface area contributed by atoms with E-state index in [1.807, 2.05) is 6.92 Å². The standard InChI is InChI=1S/C12H22N2O3/c1-12(5-8-13-9-6-12)11(16)14-7-3-4-10(15)17-2/h13H,3-9H2,1-2H3,(H,14,16). The van der Waals surface area contributed by atoms with Crippen LogP contribution in [-0.2, 0) is 14.3 Å². The SMILES string of the molecule is COC(=O)CCCNC(=O)C1(C)CCNCC1. The Morgan fingerprint density at radius 3 is 2.59 bits per heavy atom. The normalized spacial score (nSPS) is 18.5. The molecule has 5 nitrogen and oxygen atoms in total. The van der Waals surface area contributed by atoms with Gasteiger partial charge in [-0.05, 0) is 32.4 Å². The summed E-state index contributed by atoms with van der Waals surface area (Å²) in [6.07, 6.45) is 2.73. The summed E-state index contributed by atoms with van der Waals surface area (Å²) in [4.78, 5) is 22.9. The Balaban J connectivity index is 2.22. The third-order valence-electron chi connectivity index (χ3n) is 3.33. The zero-order valence-electron chi connectivity index (χ0n) is 10.7. The maximum atomic E-state index is 12.0. The fourth-order valence-electron chi connectivity index (χ4n) is 1.96. The molecular weight excluding hydrogens is 220 g/mol. The van der Waals surface area contributed by atoms with Gasteiger partial charge in [-0.3, -0.25) is 9.59 Å². The third-order valence-corrected chi connectivity index (χ3v) is 3.33. The first-order valence-electron chi connectivity index (χ1n) is 6.14. The summed E-state index contributed by atoms with van der Waals surface area (Å²) in [7, 11) is 1.37. The van der Waals surface area contributed by atoms with Gasteiger partial charge in [-0.1, -0.05) is 6.92 Å². The average molecular weight is 242 g/mol. The largest absolute Gasteiger partial charge is 0.469 e. The molecule has 0 aromatic rings. The maximum absolute atomic E-state index is 12.0. The van der Waals surface area contributed by atoms with Gasteiger partial charge >= 0.3 is 5.97 Å². The van der Waals surface area contributed by atoms with Crippen LogP contribution >= 0.6 is 0 Å². The molecule has 0 radical (unpaired) electrons. The lowest BCUT2D eigenvalue weighted by molar-refractivity contribution is -0.141. The number of hydrogen-bond donors (Lipinski definition) is 2. The van der Waals surface area contributed by atoms with Crippen LogP contribution in [0.2, 0.25) is 0 Å². The number of carbonyl (C=O) groups excluding carboxylic acids is 2. The van der Waals surface area contributed by atoms with E-state index in [1.165, 1.54) is 7.11 Å². The lowest BCUT2D eigenvalue weighted by atomic mass is 9.80. The Bertz CT molecular complexity index is 273. The number of esters is 1. The van der Waals surface area contributed by atoms with Crippen LogP contribution in [0.15, 0.2) is 0 Å². The summed E-state index contributed by atoms with van der Waals surface area (Å²) < 4.78 is 4.53. The molecule has 0 unspecified atom stereocenters. The minimum atomic E-state index is -0.253. The highest BCUT2D eigenvalue weighted by atomic mass is 16.5. The molecule has 17 heavy (non-hydrogen) atoms. The van der Waals surface area contributed by atoms with E-state index >= 15 is 0 Å². The molecule has 0 saturated carbocycles. The molecule has 1 saturated heterocycles. The van der Waals surface area contributed by atoms with E-state index in [4.69, 9.17) is 0 Å². The van der Waals surface area contributed by atoms with Crippen molar-refractivity contribution in [2.75, 3.05) is 26.7 Å². The van der Waals surface area contributed by atoms with Crippen LogP contribution < -0.4 is 10.6 Å². The van der Waals surface area contributed by atoms with Crippen molar-refractivity contribution in [1.29, 1.82) is 0 Å². The minimum absolute atomic E-state index is 0.101. The van der Waals surface area contributed by atoms with Gasteiger partial charge in [-0.15, -0.1) is 0 Å². The number of piperidine rings is 1. The molecule has 98 valence electrons. The topological polar surface area (TPSA) is 67.4 Å². The summed E-state index contributed by atoms with van der Waals surface area (Å²) in [6.45, 7) is 4.33.